The van der Waals surface area contributed by atoms with Crippen molar-refractivity contribution >= 4 is 40.0 Å². The number of aromatic nitrogens is 3. The van der Waals surface area contributed by atoms with Gasteiger partial charge in [0.1, 0.15) is 12.0 Å². The maximum absolute atomic E-state index is 12.4. The number of nitrogens with one attached hydrogen (secondary N) is 2. The summed E-state index contributed by atoms with van der Waals surface area (Å²) in [5.41, 5.74) is 1.37. The van der Waals surface area contributed by atoms with Crippen LogP contribution in [0, 0.1) is 0 Å². The first kappa shape index (κ1) is 20.6. The lowest BCUT2D eigenvalue weighted by Crippen LogP contribution is -2.53. The van der Waals surface area contributed by atoms with Crippen molar-refractivity contribution in [2.75, 3.05) is 33.2 Å². The summed E-state index contributed by atoms with van der Waals surface area (Å²) >= 11 is 0. The van der Waals surface area contributed by atoms with Crippen molar-refractivity contribution in [3.63, 3.8) is 0 Å². The van der Waals surface area contributed by atoms with Crippen LogP contribution in [0.2, 0.25) is 0 Å². The quantitative estimate of drug-likeness (QED) is 0.347. The van der Waals surface area contributed by atoms with Gasteiger partial charge >= 0.3 is 0 Å². The molecule has 3 rings (SSSR count). The number of sulfonamides is 1. The zero-order valence-electron chi connectivity index (χ0n) is 14.3. The van der Waals surface area contributed by atoms with E-state index in [1.165, 1.54) is 10.6 Å². The number of hydrogen-bond donors (Lipinski definition) is 2. The number of piperazine rings is 1. The van der Waals surface area contributed by atoms with Gasteiger partial charge in [0, 0.05) is 45.5 Å². The van der Waals surface area contributed by atoms with E-state index >= 15 is 0 Å². The lowest BCUT2D eigenvalue weighted by atomic mass is 10.4. The van der Waals surface area contributed by atoms with Crippen molar-refractivity contribution in [3.05, 3.63) is 36.0 Å². The Morgan fingerprint density at radius 1 is 1.35 bits per heavy atom. The number of H-pyrrole nitrogens is 1. The summed E-state index contributed by atoms with van der Waals surface area (Å²) in [4.78, 5) is 6.31. The second-order valence-corrected chi connectivity index (χ2v) is 7.58. The molecule has 0 aromatic carbocycles. The molecule has 2 aromatic heterocycles. The number of aliphatic imine (C=N–C) groups is 1. The molecule has 0 spiro atoms. The Hall–Kier alpha value is -1.67. The highest BCUT2D eigenvalue weighted by molar-refractivity contribution is 14.0. The van der Waals surface area contributed by atoms with Crippen molar-refractivity contribution < 1.29 is 12.9 Å². The highest BCUT2D eigenvalue weighted by Gasteiger charge is 2.28. The Morgan fingerprint density at radius 2 is 2.12 bits per heavy atom. The third kappa shape index (κ3) is 5.17. The van der Waals surface area contributed by atoms with Gasteiger partial charge in [-0.15, -0.1) is 24.0 Å². The predicted molar refractivity (Wildman–Crippen MR) is 106 cm³/mol. The molecule has 12 heteroatoms. The van der Waals surface area contributed by atoms with E-state index in [1.54, 1.807) is 19.3 Å². The zero-order valence-corrected chi connectivity index (χ0v) is 17.5. The lowest BCUT2D eigenvalue weighted by Gasteiger charge is -2.35. The molecule has 0 aliphatic carbocycles. The normalized spacial score (nSPS) is 16.3. The van der Waals surface area contributed by atoms with E-state index in [-0.39, 0.29) is 29.7 Å². The molecule has 0 amide bonds. The van der Waals surface area contributed by atoms with Crippen molar-refractivity contribution in [2.45, 2.75) is 12.3 Å². The number of nitrogens with zero attached hydrogens (tertiary/aromatic N) is 5. The van der Waals surface area contributed by atoms with E-state index in [1.807, 2.05) is 11.0 Å². The SMILES string of the molecule is CN=C(NCc1ccn[nH]1)N1CCN(S(=O)(=O)Cc2ccon2)CC1.I. The number of aromatic amines is 1. The topological polar surface area (TPSA) is 120 Å². The van der Waals surface area contributed by atoms with Crippen LogP contribution >= 0.6 is 24.0 Å². The van der Waals surface area contributed by atoms with E-state index in [9.17, 15) is 8.42 Å². The van der Waals surface area contributed by atoms with Gasteiger partial charge < -0.3 is 14.7 Å². The van der Waals surface area contributed by atoms with Crippen LogP contribution in [0.25, 0.3) is 0 Å². The van der Waals surface area contributed by atoms with Gasteiger partial charge in [-0.2, -0.15) is 9.40 Å². The smallest absolute Gasteiger partial charge is 0.220 e. The molecule has 0 radical (unpaired) electrons. The van der Waals surface area contributed by atoms with Gasteiger partial charge in [0.25, 0.3) is 0 Å². The molecule has 0 atom stereocenters. The van der Waals surface area contributed by atoms with Gasteiger partial charge in [-0.1, -0.05) is 5.16 Å². The molecule has 1 aliphatic heterocycles. The van der Waals surface area contributed by atoms with Gasteiger partial charge in [-0.3, -0.25) is 10.1 Å². The second kappa shape index (κ2) is 9.32. The molecule has 144 valence electrons. The Labute approximate surface area is 169 Å². The fourth-order valence-corrected chi connectivity index (χ4v) is 4.08. The lowest BCUT2D eigenvalue weighted by molar-refractivity contribution is 0.259. The molecule has 3 heterocycles. The van der Waals surface area contributed by atoms with Crippen LogP contribution in [0.3, 0.4) is 0 Å². The Morgan fingerprint density at radius 3 is 2.69 bits per heavy atom. The third-order valence-electron chi connectivity index (χ3n) is 3.96. The van der Waals surface area contributed by atoms with Crippen LogP contribution < -0.4 is 5.32 Å². The summed E-state index contributed by atoms with van der Waals surface area (Å²) in [6.45, 7) is 2.54. The standard InChI is InChI=1S/C14H21N7O3S.HI/c1-15-14(16-10-12-2-4-17-18-12)20-5-7-21(8-6-20)25(22,23)11-13-3-9-24-19-13;/h2-4,9H,5-8,10-11H2,1H3,(H,15,16)(H,17,18);1H. The summed E-state index contributed by atoms with van der Waals surface area (Å²) in [5.74, 6) is 0.596. The minimum Gasteiger partial charge on any atom is -0.364 e. The largest absolute Gasteiger partial charge is 0.364 e. The molecule has 26 heavy (non-hydrogen) atoms. The minimum atomic E-state index is -3.40. The van der Waals surface area contributed by atoms with Crippen molar-refractivity contribution in [3.8, 4) is 0 Å². The van der Waals surface area contributed by atoms with Gasteiger partial charge in [0.15, 0.2) is 5.96 Å². The molecular formula is C14H22IN7O3S. The zero-order chi connectivity index (χ0) is 17.7. The molecule has 0 bridgehead atoms. The molecule has 1 saturated heterocycles. The number of hydrogen-bond acceptors (Lipinski definition) is 6. The summed E-state index contributed by atoms with van der Waals surface area (Å²) < 4.78 is 31.1. The highest BCUT2D eigenvalue weighted by Crippen LogP contribution is 2.13. The van der Waals surface area contributed by atoms with E-state index in [0.717, 1.165) is 11.7 Å². The molecule has 1 fully saturated rings. The van der Waals surface area contributed by atoms with Crippen LogP contribution in [0.15, 0.2) is 34.1 Å². The predicted octanol–water partition coefficient (Wildman–Crippen LogP) is 0.239. The summed E-state index contributed by atoms with van der Waals surface area (Å²) in [5, 5.41) is 13.7. The van der Waals surface area contributed by atoms with Crippen LogP contribution in [-0.2, 0) is 22.3 Å². The fourth-order valence-electron chi connectivity index (χ4n) is 2.66. The van der Waals surface area contributed by atoms with Crippen LogP contribution in [0.1, 0.15) is 11.4 Å². The molecule has 2 aromatic rings. The fraction of sp³-hybridized carbons (Fsp3) is 0.500. The first-order chi connectivity index (χ1) is 12.1. The second-order valence-electron chi connectivity index (χ2n) is 5.62. The van der Waals surface area contributed by atoms with Gasteiger partial charge in [0.2, 0.25) is 10.0 Å². The monoisotopic (exact) mass is 495 g/mol. The Balaban J connectivity index is 0.00000243. The maximum atomic E-state index is 12.4. The molecule has 10 nitrogen and oxygen atoms in total. The van der Waals surface area contributed by atoms with Gasteiger partial charge in [-0.25, -0.2) is 8.42 Å². The molecule has 1 aliphatic rings. The van der Waals surface area contributed by atoms with Crippen LogP contribution in [0.5, 0.6) is 0 Å². The Kier molecular flexibility index (Phi) is 7.40. The van der Waals surface area contributed by atoms with E-state index in [2.05, 4.69) is 25.7 Å². The van der Waals surface area contributed by atoms with E-state index < -0.39 is 10.0 Å². The summed E-state index contributed by atoms with van der Waals surface area (Å²) in [6, 6.07) is 3.45. The average Bonchev–Trinajstić information content (AvgIpc) is 3.29. The highest BCUT2D eigenvalue weighted by atomic mass is 127. The molecule has 0 unspecified atom stereocenters. The number of guanidine groups is 1. The van der Waals surface area contributed by atoms with Gasteiger partial charge in [0.05, 0.1) is 17.9 Å². The van der Waals surface area contributed by atoms with Crippen molar-refractivity contribution in [1.29, 1.82) is 0 Å². The maximum Gasteiger partial charge on any atom is 0.220 e. The van der Waals surface area contributed by atoms with Crippen LogP contribution in [-0.4, -0.2) is 72.2 Å². The first-order valence-electron chi connectivity index (χ1n) is 7.89. The molecule has 0 saturated carbocycles. The third-order valence-corrected chi connectivity index (χ3v) is 5.77. The van der Waals surface area contributed by atoms with E-state index in [0.29, 0.717) is 38.4 Å². The van der Waals surface area contributed by atoms with Crippen molar-refractivity contribution in [1.82, 2.24) is 29.9 Å². The number of halogens is 1. The summed E-state index contributed by atoms with van der Waals surface area (Å²) in [6.07, 6.45) is 3.07. The minimum absolute atomic E-state index is 0. The Bertz CT molecular complexity index is 785. The van der Waals surface area contributed by atoms with Gasteiger partial charge in [-0.05, 0) is 6.07 Å². The van der Waals surface area contributed by atoms with Crippen LogP contribution in [0.4, 0.5) is 0 Å². The average molecular weight is 495 g/mol. The molecular weight excluding hydrogens is 473 g/mol. The van der Waals surface area contributed by atoms with Crippen molar-refractivity contribution in [2.24, 2.45) is 4.99 Å². The summed E-state index contributed by atoms with van der Waals surface area (Å²) in [7, 11) is -1.69. The first-order valence-corrected chi connectivity index (χ1v) is 9.50. The van der Waals surface area contributed by atoms with E-state index in [4.69, 9.17) is 4.52 Å². The molecule has 2 N–H and O–H groups in total. The number of rotatable bonds is 5.